The van der Waals surface area contributed by atoms with Crippen LogP contribution < -0.4 is 10.6 Å². The van der Waals surface area contributed by atoms with Crippen molar-refractivity contribution in [2.45, 2.75) is 50.6 Å². The Labute approximate surface area is 179 Å². The maximum Gasteiger partial charge on any atom is 0.191 e. The smallest absolute Gasteiger partial charge is 0.191 e. The highest BCUT2D eigenvalue weighted by Gasteiger charge is 2.38. The highest BCUT2D eigenvalue weighted by atomic mass is 32.1. The van der Waals surface area contributed by atoms with Crippen molar-refractivity contribution in [2.75, 3.05) is 59.5 Å². The van der Waals surface area contributed by atoms with E-state index in [0.29, 0.717) is 0 Å². The van der Waals surface area contributed by atoms with Crippen LogP contribution in [0.2, 0.25) is 0 Å². The van der Waals surface area contributed by atoms with Gasteiger partial charge in [0.15, 0.2) is 5.96 Å². The van der Waals surface area contributed by atoms with Gasteiger partial charge in [-0.15, -0.1) is 11.3 Å². The van der Waals surface area contributed by atoms with E-state index in [4.69, 9.17) is 4.74 Å². The first-order valence-electron chi connectivity index (χ1n) is 11.3. The van der Waals surface area contributed by atoms with Crippen LogP contribution in [0.1, 0.15) is 42.5 Å². The molecule has 1 saturated carbocycles. The van der Waals surface area contributed by atoms with Gasteiger partial charge in [-0.1, -0.05) is 19.3 Å². The lowest BCUT2D eigenvalue weighted by Crippen LogP contribution is -2.60. The minimum absolute atomic E-state index is 0.266. The summed E-state index contributed by atoms with van der Waals surface area (Å²) >= 11 is 1.91. The fourth-order valence-electron chi connectivity index (χ4n) is 5.15. The molecule has 162 valence electrons. The molecular weight excluding hydrogens is 382 g/mol. The maximum absolute atomic E-state index is 5.61. The first-order chi connectivity index (χ1) is 14.3. The second kappa shape index (κ2) is 10.2. The maximum atomic E-state index is 5.61. The Kier molecular flexibility index (Phi) is 7.45. The van der Waals surface area contributed by atoms with E-state index < -0.39 is 0 Å². The molecule has 3 heterocycles. The van der Waals surface area contributed by atoms with Gasteiger partial charge in [-0.2, -0.15) is 0 Å². The number of hydrogen-bond acceptors (Lipinski definition) is 5. The van der Waals surface area contributed by atoms with E-state index in [1.807, 2.05) is 18.4 Å². The van der Waals surface area contributed by atoms with Gasteiger partial charge in [0.1, 0.15) is 0 Å². The van der Waals surface area contributed by atoms with Crippen molar-refractivity contribution >= 4 is 17.3 Å². The predicted octanol–water partition coefficient (Wildman–Crippen LogP) is 2.31. The summed E-state index contributed by atoms with van der Waals surface area (Å²) < 4.78 is 5.61. The van der Waals surface area contributed by atoms with Crippen molar-refractivity contribution in [3.63, 3.8) is 0 Å². The highest BCUT2D eigenvalue weighted by molar-refractivity contribution is 7.10. The summed E-state index contributed by atoms with van der Waals surface area (Å²) in [6.45, 7) is 9.10. The van der Waals surface area contributed by atoms with Crippen LogP contribution in [-0.2, 0) is 17.7 Å². The number of aliphatic imine (C=N–C) groups is 1. The normalized spacial score (nSPS) is 23.6. The molecule has 4 rings (SSSR count). The Morgan fingerprint density at radius 1 is 1.17 bits per heavy atom. The molecule has 0 spiro atoms. The highest BCUT2D eigenvalue weighted by Crippen LogP contribution is 2.33. The van der Waals surface area contributed by atoms with Crippen LogP contribution in [0, 0.1) is 0 Å². The lowest BCUT2D eigenvalue weighted by atomic mass is 9.80. The van der Waals surface area contributed by atoms with Gasteiger partial charge in [0.05, 0.1) is 13.2 Å². The molecular formula is C22H37N5OS. The minimum Gasteiger partial charge on any atom is -0.379 e. The van der Waals surface area contributed by atoms with Gasteiger partial charge >= 0.3 is 0 Å². The van der Waals surface area contributed by atoms with Crippen LogP contribution >= 0.6 is 11.3 Å². The van der Waals surface area contributed by atoms with E-state index in [0.717, 1.165) is 58.4 Å². The first kappa shape index (κ1) is 21.1. The number of thiophene rings is 1. The Morgan fingerprint density at radius 2 is 2.00 bits per heavy atom. The average Bonchev–Trinajstić information content (AvgIpc) is 3.25. The third kappa shape index (κ3) is 5.32. The number of guanidine groups is 1. The number of ether oxygens (including phenoxy) is 1. The largest absolute Gasteiger partial charge is 0.379 e. The molecule has 0 radical (unpaired) electrons. The molecule has 6 nitrogen and oxygen atoms in total. The number of nitrogens with zero attached hydrogens (tertiary/aromatic N) is 3. The lowest BCUT2D eigenvalue weighted by Gasteiger charge is -2.48. The second-order valence-corrected chi connectivity index (χ2v) is 9.63. The molecule has 1 aliphatic carbocycles. The van der Waals surface area contributed by atoms with Crippen molar-refractivity contribution in [1.82, 2.24) is 20.4 Å². The van der Waals surface area contributed by atoms with Crippen molar-refractivity contribution in [2.24, 2.45) is 4.99 Å². The zero-order chi connectivity index (χ0) is 19.9. The fraction of sp³-hybridized carbons (Fsp3) is 0.773. The summed E-state index contributed by atoms with van der Waals surface area (Å²) in [5, 5.41) is 9.45. The van der Waals surface area contributed by atoms with Crippen LogP contribution in [0.5, 0.6) is 0 Å². The van der Waals surface area contributed by atoms with Crippen LogP contribution in [0.25, 0.3) is 0 Å². The molecule has 0 aromatic carbocycles. The van der Waals surface area contributed by atoms with Crippen LogP contribution in [0.15, 0.2) is 16.4 Å². The van der Waals surface area contributed by atoms with E-state index >= 15 is 0 Å². The zero-order valence-electron chi connectivity index (χ0n) is 17.9. The van der Waals surface area contributed by atoms with E-state index in [9.17, 15) is 0 Å². The van der Waals surface area contributed by atoms with E-state index in [1.54, 1.807) is 4.88 Å². The molecule has 0 unspecified atom stereocenters. The summed E-state index contributed by atoms with van der Waals surface area (Å²) in [5.74, 6) is 0.941. The van der Waals surface area contributed by atoms with Gasteiger partial charge in [-0.05, 0) is 36.3 Å². The van der Waals surface area contributed by atoms with Gasteiger partial charge in [0.25, 0.3) is 0 Å². The Balaban J connectivity index is 1.25. The van der Waals surface area contributed by atoms with Crippen LogP contribution in [0.3, 0.4) is 0 Å². The van der Waals surface area contributed by atoms with Crippen molar-refractivity contribution in [3.05, 3.63) is 21.9 Å². The van der Waals surface area contributed by atoms with Gasteiger partial charge in [0, 0.05) is 63.3 Å². The monoisotopic (exact) mass is 419 g/mol. The minimum atomic E-state index is 0.266. The number of rotatable bonds is 6. The molecule has 1 saturated heterocycles. The first-order valence-corrected chi connectivity index (χ1v) is 12.2. The fourth-order valence-corrected chi connectivity index (χ4v) is 6.04. The van der Waals surface area contributed by atoms with Gasteiger partial charge in [-0.25, -0.2) is 0 Å². The van der Waals surface area contributed by atoms with E-state index in [-0.39, 0.29) is 5.54 Å². The average molecular weight is 420 g/mol. The lowest BCUT2D eigenvalue weighted by molar-refractivity contribution is -0.0352. The van der Waals surface area contributed by atoms with Gasteiger partial charge in [0.2, 0.25) is 0 Å². The SMILES string of the molecule is CN=C(NCCN1CCc2sccc2C1)NCC1(N2CCOCC2)CCCCC1. The van der Waals surface area contributed by atoms with Crippen molar-refractivity contribution in [1.29, 1.82) is 0 Å². The Hall–Kier alpha value is -1.15. The summed E-state index contributed by atoms with van der Waals surface area (Å²) in [4.78, 5) is 11.3. The number of nitrogens with one attached hydrogen (secondary N) is 2. The molecule has 0 atom stereocenters. The quantitative estimate of drug-likeness (QED) is 0.547. The van der Waals surface area contributed by atoms with Crippen molar-refractivity contribution in [3.8, 4) is 0 Å². The molecule has 0 bridgehead atoms. The van der Waals surface area contributed by atoms with Gasteiger partial charge in [-0.3, -0.25) is 14.8 Å². The summed E-state index contributed by atoms with van der Waals surface area (Å²) in [5.41, 5.74) is 1.79. The third-order valence-electron chi connectivity index (χ3n) is 6.88. The number of fused-ring (bicyclic) bond motifs is 1. The predicted molar refractivity (Wildman–Crippen MR) is 121 cm³/mol. The van der Waals surface area contributed by atoms with Gasteiger partial charge < -0.3 is 15.4 Å². The Morgan fingerprint density at radius 3 is 2.79 bits per heavy atom. The second-order valence-electron chi connectivity index (χ2n) is 8.63. The molecule has 0 amide bonds. The molecule has 2 aliphatic heterocycles. The number of hydrogen-bond donors (Lipinski definition) is 2. The molecule has 29 heavy (non-hydrogen) atoms. The molecule has 1 aromatic rings. The zero-order valence-corrected chi connectivity index (χ0v) is 18.7. The topological polar surface area (TPSA) is 52.1 Å². The summed E-state index contributed by atoms with van der Waals surface area (Å²) in [6.07, 6.45) is 7.82. The standard InChI is InChI=1S/C22H37N5OS/c1-23-21(24-9-11-26-10-5-20-19(17-26)6-16-29-20)25-18-22(7-3-2-4-8-22)27-12-14-28-15-13-27/h6,16H,2-5,7-15,17-18H2,1H3,(H2,23,24,25). The number of morpholine rings is 1. The molecule has 2 fully saturated rings. The summed E-state index contributed by atoms with van der Waals surface area (Å²) in [7, 11) is 1.89. The van der Waals surface area contributed by atoms with Crippen molar-refractivity contribution < 1.29 is 4.74 Å². The Bertz CT molecular complexity index is 664. The summed E-state index contributed by atoms with van der Waals surface area (Å²) in [6, 6.07) is 2.29. The molecule has 7 heteroatoms. The van der Waals surface area contributed by atoms with Crippen LogP contribution in [-0.4, -0.2) is 80.8 Å². The van der Waals surface area contributed by atoms with E-state index in [1.165, 1.54) is 50.6 Å². The third-order valence-corrected chi connectivity index (χ3v) is 7.90. The molecule has 3 aliphatic rings. The molecule has 2 N–H and O–H groups in total. The molecule has 1 aromatic heterocycles. The van der Waals surface area contributed by atoms with E-state index in [2.05, 4.69) is 36.9 Å². The van der Waals surface area contributed by atoms with Crippen LogP contribution in [0.4, 0.5) is 0 Å².